The smallest absolute Gasteiger partial charge is 0.400 e. The van der Waals surface area contributed by atoms with Gasteiger partial charge in [-0.1, -0.05) is 6.92 Å². The minimum absolute atomic E-state index is 0.255. The predicted molar refractivity (Wildman–Crippen MR) is 78.3 cm³/mol. The first-order valence-corrected chi connectivity index (χ1v) is 9.01. The zero-order valence-corrected chi connectivity index (χ0v) is 13.6. The van der Waals surface area contributed by atoms with Crippen molar-refractivity contribution in [2.75, 3.05) is 18.8 Å². The third-order valence-corrected chi connectivity index (χ3v) is 6.06. The Bertz CT molecular complexity index is 619. The summed E-state index contributed by atoms with van der Waals surface area (Å²) in [6, 6.07) is 0. The molecule has 3 fully saturated rings. The summed E-state index contributed by atoms with van der Waals surface area (Å²) >= 11 is 2.94. The predicted octanol–water partition coefficient (Wildman–Crippen LogP) is 1.21. The van der Waals surface area contributed by atoms with Crippen molar-refractivity contribution in [1.29, 1.82) is 0 Å². The Labute approximate surface area is 135 Å². The molecule has 2 bridgehead atoms. The third kappa shape index (κ3) is 2.06. The summed E-state index contributed by atoms with van der Waals surface area (Å²) in [5, 5.41) is 1.00. The zero-order valence-electron chi connectivity index (χ0n) is 12.0. The van der Waals surface area contributed by atoms with Gasteiger partial charge >= 0.3 is 17.8 Å². The molecule has 3 unspecified atom stereocenters. The minimum Gasteiger partial charge on any atom is -0.400 e. The van der Waals surface area contributed by atoms with Crippen molar-refractivity contribution in [3.63, 3.8) is 0 Å². The van der Waals surface area contributed by atoms with E-state index in [2.05, 4.69) is 15.7 Å². The van der Waals surface area contributed by atoms with E-state index in [9.17, 15) is 9.59 Å². The molecule has 3 atom stereocenters. The number of carbonyl (C=O) groups excluding carboxylic acids is 2. The molecule has 0 radical (unpaired) electrons. The van der Waals surface area contributed by atoms with Crippen LogP contribution in [0.3, 0.4) is 0 Å². The third-order valence-electron chi connectivity index (χ3n) is 4.54. The van der Waals surface area contributed by atoms with Gasteiger partial charge in [-0.05, 0) is 18.1 Å². The van der Waals surface area contributed by atoms with E-state index < -0.39 is 17.8 Å². The molecule has 7 nitrogen and oxygen atoms in total. The molecule has 4 rings (SSSR count). The van der Waals surface area contributed by atoms with Gasteiger partial charge in [-0.3, -0.25) is 0 Å². The number of piperidine rings is 1. The van der Waals surface area contributed by atoms with Gasteiger partial charge in [0.05, 0.1) is 17.4 Å². The van der Waals surface area contributed by atoms with Crippen LogP contribution in [0.4, 0.5) is 0 Å². The van der Waals surface area contributed by atoms with E-state index in [0.29, 0.717) is 18.9 Å². The van der Waals surface area contributed by atoms with Crippen LogP contribution in [-0.2, 0) is 19.1 Å². The van der Waals surface area contributed by atoms with Crippen LogP contribution in [0.5, 0.6) is 0 Å². The number of aromatic nitrogens is 2. The Hall–Kier alpha value is -1.19. The molecule has 3 aliphatic rings. The molecule has 4 heterocycles. The lowest BCUT2D eigenvalue weighted by Crippen LogP contribution is -2.51. The van der Waals surface area contributed by atoms with Crippen LogP contribution in [0.1, 0.15) is 31.4 Å². The fourth-order valence-corrected chi connectivity index (χ4v) is 5.06. The van der Waals surface area contributed by atoms with Gasteiger partial charge in [0.25, 0.3) is 0 Å². The summed E-state index contributed by atoms with van der Waals surface area (Å²) in [6.07, 6.45) is 1.37. The van der Waals surface area contributed by atoms with Crippen molar-refractivity contribution < 1.29 is 19.1 Å². The average molecular weight is 341 g/mol. The van der Waals surface area contributed by atoms with Crippen LogP contribution in [0.2, 0.25) is 0 Å². The summed E-state index contributed by atoms with van der Waals surface area (Å²) in [5.74, 6) is -1.31. The van der Waals surface area contributed by atoms with E-state index in [1.54, 1.807) is 11.8 Å². The maximum Gasteiger partial charge on any atom is 0.421 e. The summed E-state index contributed by atoms with van der Waals surface area (Å²) in [5.41, 5.74) is 1.04. The zero-order chi connectivity index (χ0) is 15.3. The van der Waals surface area contributed by atoms with Gasteiger partial charge in [0, 0.05) is 25.4 Å². The van der Waals surface area contributed by atoms with Crippen molar-refractivity contribution in [3.8, 4) is 0 Å². The molecule has 1 aromatic heterocycles. The van der Waals surface area contributed by atoms with E-state index in [0.717, 1.165) is 29.4 Å². The SMILES string of the molecule is CCSc1nsnc1C1CN2CC1CCC21OC(=O)C(=O)O1. The van der Waals surface area contributed by atoms with Gasteiger partial charge in [0.2, 0.25) is 0 Å². The summed E-state index contributed by atoms with van der Waals surface area (Å²) in [7, 11) is 0. The first kappa shape index (κ1) is 14.4. The highest BCUT2D eigenvalue weighted by molar-refractivity contribution is 7.99. The second-order valence-electron chi connectivity index (χ2n) is 5.69. The number of carbonyl (C=O) groups is 2. The Kier molecular flexibility index (Phi) is 3.39. The van der Waals surface area contributed by atoms with E-state index >= 15 is 0 Å². The number of thioether (sulfide) groups is 1. The Morgan fingerprint density at radius 1 is 1.32 bits per heavy atom. The lowest BCUT2D eigenvalue weighted by molar-refractivity contribution is -0.257. The van der Waals surface area contributed by atoms with Gasteiger partial charge in [-0.25, -0.2) is 14.5 Å². The molecule has 3 saturated heterocycles. The average Bonchev–Trinajstić information content (AvgIpc) is 3.14. The molecule has 118 valence electrons. The van der Waals surface area contributed by atoms with E-state index in [-0.39, 0.29) is 5.92 Å². The van der Waals surface area contributed by atoms with E-state index in [4.69, 9.17) is 9.47 Å². The van der Waals surface area contributed by atoms with Crippen LogP contribution in [0, 0.1) is 5.92 Å². The van der Waals surface area contributed by atoms with Crippen LogP contribution in [-0.4, -0.2) is 50.3 Å². The molecule has 0 N–H and O–H groups in total. The van der Waals surface area contributed by atoms with Crippen molar-refractivity contribution >= 4 is 35.4 Å². The van der Waals surface area contributed by atoms with Crippen molar-refractivity contribution in [1.82, 2.24) is 13.6 Å². The number of hydrogen-bond acceptors (Lipinski definition) is 9. The van der Waals surface area contributed by atoms with Crippen LogP contribution in [0.15, 0.2) is 5.03 Å². The molecule has 0 amide bonds. The highest BCUT2D eigenvalue weighted by atomic mass is 32.2. The maximum absolute atomic E-state index is 11.4. The number of esters is 2. The molecule has 0 aromatic carbocycles. The number of ether oxygens (including phenoxy) is 2. The van der Waals surface area contributed by atoms with Crippen molar-refractivity contribution in [3.05, 3.63) is 5.69 Å². The number of nitrogens with zero attached hydrogens (tertiary/aromatic N) is 3. The van der Waals surface area contributed by atoms with Crippen LogP contribution >= 0.6 is 23.5 Å². The van der Waals surface area contributed by atoms with Gasteiger partial charge in [0.15, 0.2) is 0 Å². The fraction of sp³-hybridized carbons (Fsp3) is 0.692. The van der Waals surface area contributed by atoms with Crippen LogP contribution < -0.4 is 0 Å². The topological polar surface area (TPSA) is 81.6 Å². The summed E-state index contributed by atoms with van der Waals surface area (Å²) in [6.45, 7) is 3.52. The fourth-order valence-electron chi connectivity index (χ4n) is 3.55. The Morgan fingerprint density at radius 3 is 2.82 bits per heavy atom. The first-order chi connectivity index (χ1) is 10.6. The minimum atomic E-state index is -1.18. The quantitative estimate of drug-likeness (QED) is 0.461. The van der Waals surface area contributed by atoms with E-state index in [1.807, 2.05) is 4.90 Å². The Morgan fingerprint density at radius 2 is 2.09 bits per heavy atom. The van der Waals surface area contributed by atoms with Crippen molar-refractivity contribution in [2.45, 2.75) is 36.6 Å². The number of rotatable bonds is 3. The summed E-state index contributed by atoms with van der Waals surface area (Å²) in [4.78, 5) is 24.8. The lowest BCUT2D eigenvalue weighted by Gasteiger charge is -2.37. The van der Waals surface area contributed by atoms with Crippen molar-refractivity contribution in [2.24, 2.45) is 5.92 Å². The number of hydrogen-bond donors (Lipinski definition) is 0. The molecule has 0 saturated carbocycles. The van der Waals surface area contributed by atoms with Gasteiger partial charge < -0.3 is 9.47 Å². The highest BCUT2D eigenvalue weighted by Crippen LogP contribution is 2.48. The molecular weight excluding hydrogens is 326 g/mol. The molecule has 0 aliphatic carbocycles. The molecule has 22 heavy (non-hydrogen) atoms. The Balaban J connectivity index is 1.59. The molecule has 9 heteroatoms. The first-order valence-electron chi connectivity index (χ1n) is 7.29. The highest BCUT2D eigenvalue weighted by Gasteiger charge is 2.59. The number of fused-ring (bicyclic) bond motifs is 3. The largest absolute Gasteiger partial charge is 0.421 e. The van der Waals surface area contributed by atoms with E-state index in [1.165, 1.54) is 11.7 Å². The second-order valence-corrected chi connectivity index (χ2v) is 7.47. The van der Waals surface area contributed by atoms with Crippen LogP contribution in [0.25, 0.3) is 0 Å². The molecular formula is C13H15N3O4S2. The monoisotopic (exact) mass is 341 g/mol. The normalized spacial score (nSPS) is 32.3. The van der Waals surface area contributed by atoms with Gasteiger partial charge in [-0.2, -0.15) is 8.75 Å². The molecule has 1 aromatic rings. The standard InChI is InChI=1S/C13H15N3O4S2/c1-2-21-10-9(14-22-15-10)8-6-16-5-7(8)3-4-13(16)19-11(17)12(18)20-13/h7-8H,2-6H2,1H3. The summed E-state index contributed by atoms with van der Waals surface area (Å²) < 4.78 is 19.4. The van der Waals surface area contributed by atoms with Gasteiger partial charge in [0.1, 0.15) is 5.03 Å². The molecule has 1 spiro atoms. The molecule has 3 aliphatic heterocycles. The second kappa shape index (κ2) is 5.17. The van der Waals surface area contributed by atoms with Gasteiger partial charge in [-0.15, -0.1) is 11.8 Å². The maximum atomic E-state index is 11.4. The lowest BCUT2D eigenvalue weighted by atomic mass is 9.88.